The zero-order valence-electron chi connectivity index (χ0n) is 16.2. The maximum atomic E-state index is 13.2. The second kappa shape index (κ2) is 9.04. The molecule has 0 unspecified atom stereocenters. The molecular weight excluding hydrogens is 366 g/mol. The van der Waals surface area contributed by atoms with Crippen molar-refractivity contribution in [2.24, 2.45) is 5.92 Å². The van der Waals surface area contributed by atoms with Crippen molar-refractivity contribution in [3.05, 3.63) is 35.0 Å². The zero-order valence-corrected chi connectivity index (χ0v) is 16.2. The summed E-state index contributed by atoms with van der Waals surface area (Å²) in [6, 6.07) is 7.06. The Balaban J connectivity index is 1.72. The molecule has 1 aromatic carbocycles. The third kappa shape index (κ3) is 4.65. The highest BCUT2D eigenvalue weighted by Crippen LogP contribution is 2.31. The number of aliphatic hydroxyl groups excluding tert-OH is 4. The van der Waals surface area contributed by atoms with Crippen LogP contribution >= 0.6 is 0 Å². The standard InChI is InChI=1S/C20H31NO7/c1-2-13-7-9-21(26,10-8-13)11-14-5-3-4-6-15(14)27-20-19(25)18(24)17(23)16(12-22)28-20/h3-6,13,16-20,22-25H,2,7-12H2,1H3/t13?,16-,17-,18+,19-,20-,21?/m1/s1. The lowest BCUT2D eigenvalue weighted by Gasteiger charge is -2.47. The van der Waals surface area contributed by atoms with Crippen LogP contribution in [0.3, 0.4) is 0 Å². The molecule has 158 valence electrons. The van der Waals surface area contributed by atoms with Crippen molar-refractivity contribution >= 4 is 0 Å². The first-order chi connectivity index (χ1) is 13.4. The van der Waals surface area contributed by atoms with Crippen LogP contribution in [-0.2, 0) is 11.3 Å². The number of likely N-dealkylation sites (tertiary alicyclic amines) is 1. The van der Waals surface area contributed by atoms with E-state index >= 15 is 0 Å². The quantitative estimate of drug-likeness (QED) is 0.407. The molecule has 0 radical (unpaired) electrons. The van der Waals surface area contributed by atoms with E-state index in [1.54, 1.807) is 12.1 Å². The van der Waals surface area contributed by atoms with E-state index < -0.39 is 37.3 Å². The van der Waals surface area contributed by atoms with Crippen molar-refractivity contribution in [3.63, 3.8) is 0 Å². The molecule has 2 saturated heterocycles. The molecule has 0 aromatic heterocycles. The topological polar surface area (TPSA) is 122 Å². The predicted octanol–water partition coefficient (Wildman–Crippen LogP) is 0.500. The average Bonchev–Trinajstić information content (AvgIpc) is 2.70. The highest BCUT2D eigenvalue weighted by Gasteiger charge is 2.45. The number of hydroxylamine groups is 3. The molecule has 1 aromatic rings. The van der Waals surface area contributed by atoms with E-state index in [0.29, 0.717) is 30.3 Å². The van der Waals surface area contributed by atoms with Gasteiger partial charge in [0.25, 0.3) is 0 Å². The molecule has 0 spiro atoms. The van der Waals surface area contributed by atoms with Crippen LogP contribution < -0.4 is 4.74 Å². The number of aliphatic hydroxyl groups is 4. The van der Waals surface area contributed by atoms with E-state index in [9.17, 15) is 25.6 Å². The highest BCUT2D eigenvalue weighted by molar-refractivity contribution is 5.33. The Morgan fingerprint density at radius 1 is 1.11 bits per heavy atom. The van der Waals surface area contributed by atoms with Crippen molar-refractivity contribution in [1.29, 1.82) is 0 Å². The van der Waals surface area contributed by atoms with Crippen LogP contribution in [-0.4, -0.2) is 75.5 Å². The summed E-state index contributed by atoms with van der Waals surface area (Å²) >= 11 is 0. The lowest BCUT2D eigenvalue weighted by atomic mass is 9.93. The van der Waals surface area contributed by atoms with Gasteiger partial charge in [0.2, 0.25) is 6.29 Å². The number of nitrogens with zero attached hydrogens (tertiary/aromatic N) is 1. The number of benzene rings is 1. The normalized spacial score (nSPS) is 38.9. The summed E-state index contributed by atoms with van der Waals surface area (Å²) in [6.45, 7) is 3.01. The summed E-state index contributed by atoms with van der Waals surface area (Å²) in [6.07, 6.45) is -3.81. The van der Waals surface area contributed by atoms with Gasteiger partial charge < -0.3 is 39.8 Å². The molecule has 5 atom stereocenters. The molecule has 0 bridgehead atoms. The van der Waals surface area contributed by atoms with Gasteiger partial charge in [-0.1, -0.05) is 25.5 Å². The second-order valence-electron chi connectivity index (χ2n) is 7.94. The van der Waals surface area contributed by atoms with Crippen molar-refractivity contribution in [1.82, 2.24) is 0 Å². The van der Waals surface area contributed by atoms with Gasteiger partial charge in [0.15, 0.2) is 0 Å². The molecule has 8 nitrogen and oxygen atoms in total. The largest absolute Gasteiger partial charge is 0.633 e. The molecule has 2 aliphatic heterocycles. The lowest BCUT2D eigenvalue weighted by Crippen LogP contribution is -2.60. The Hall–Kier alpha value is -1.26. The van der Waals surface area contributed by atoms with Crippen LogP contribution in [0.4, 0.5) is 0 Å². The van der Waals surface area contributed by atoms with Crippen molar-refractivity contribution in [2.45, 2.75) is 63.4 Å². The summed E-state index contributed by atoms with van der Waals surface area (Å²) in [4.78, 5) is 0. The molecule has 2 heterocycles. The summed E-state index contributed by atoms with van der Waals surface area (Å²) in [5.74, 6) is 0.999. The van der Waals surface area contributed by atoms with Crippen molar-refractivity contribution in [3.8, 4) is 5.75 Å². The summed E-state index contributed by atoms with van der Waals surface area (Å²) in [7, 11) is 0. The Morgan fingerprint density at radius 3 is 2.43 bits per heavy atom. The van der Waals surface area contributed by atoms with E-state index in [2.05, 4.69) is 6.92 Å². The number of hydrogen-bond donors (Lipinski definition) is 4. The van der Waals surface area contributed by atoms with Crippen LogP contribution in [0.1, 0.15) is 31.7 Å². The summed E-state index contributed by atoms with van der Waals surface area (Å²) in [5, 5.41) is 52.5. The smallest absolute Gasteiger partial charge is 0.229 e. The Labute approximate surface area is 165 Å². The lowest BCUT2D eigenvalue weighted by molar-refractivity contribution is -0.899. The van der Waals surface area contributed by atoms with E-state index in [1.807, 2.05) is 12.1 Å². The number of piperidine rings is 1. The number of ether oxygens (including phenoxy) is 2. The number of rotatable bonds is 6. The molecule has 0 saturated carbocycles. The van der Waals surface area contributed by atoms with Gasteiger partial charge >= 0.3 is 0 Å². The molecular formula is C20H31NO7. The van der Waals surface area contributed by atoms with E-state index in [1.165, 1.54) is 0 Å². The van der Waals surface area contributed by atoms with E-state index in [4.69, 9.17) is 9.47 Å². The fourth-order valence-corrected chi connectivity index (χ4v) is 4.01. The minimum atomic E-state index is -1.51. The maximum absolute atomic E-state index is 13.2. The molecule has 2 aliphatic rings. The van der Waals surface area contributed by atoms with Crippen LogP contribution in [0.15, 0.2) is 24.3 Å². The van der Waals surface area contributed by atoms with Crippen molar-refractivity contribution in [2.75, 3.05) is 19.7 Å². The van der Waals surface area contributed by atoms with Gasteiger partial charge in [-0.25, -0.2) is 0 Å². The van der Waals surface area contributed by atoms with E-state index in [0.717, 1.165) is 19.3 Å². The predicted molar refractivity (Wildman–Crippen MR) is 101 cm³/mol. The van der Waals surface area contributed by atoms with Gasteiger partial charge in [0.1, 0.15) is 36.7 Å². The minimum absolute atomic E-state index is 0.254. The number of hydrogen-bond acceptors (Lipinski definition) is 7. The molecule has 3 rings (SSSR count). The van der Waals surface area contributed by atoms with E-state index in [-0.39, 0.29) is 11.2 Å². The fraction of sp³-hybridized carbons (Fsp3) is 0.700. The monoisotopic (exact) mass is 397 g/mol. The number of para-hydroxylation sites is 1. The van der Waals surface area contributed by atoms with Crippen LogP contribution in [0, 0.1) is 11.1 Å². The molecule has 2 fully saturated rings. The first-order valence-corrected chi connectivity index (χ1v) is 9.99. The Bertz CT molecular complexity index is 633. The van der Waals surface area contributed by atoms with Gasteiger partial charge in [-0.05, 0) is 30.9 Å². The minimum Gasteiger partial charge on any atom is -0.633 e. The third-order valence-corrected chi connectivity index (χ3v) is 5.99. The van der Waals surface area contributed by atoms with Gasteiger partial charge in [-0.2, -0.15) is 0 Å². The second-order valence-corrected chi connectivity index (χ2v) is 7.94. The molecule has 8 heteroatoms. The molecule has 4 N–H and O–H groups in total. The summed E-state index contributed by atoms with van der Waals surface area (Å²) in [5.41, 5.74) is 0.699. The van der Waals surface area contributed by atoms with Gasteiger partial charge in [-0.3, -0.25) is 0 Å². The van der Waals surface area contributed by atoms with Crippen LogP contribution in [0.2, 0.25) is 0 Å². The average molecular weight is 397 g/mol. The van der Waals surface area contributed by atoms with Gasteiger partial charge in [0.05, 0.1) is 19.7 Å². The number of quaternary nitrogens is 1. The summed E-state index contributed by atoms with van der Waals surface area (Å²) < 4.78 is 10.9. The van der Waals surface area contributed by atoms with Gasteiger partial charge in [-0.15, -0.1) is 0 Å². The molecule has 0 aliphatic carbocycles. The Morgan fingerprint density at radius 2 is 1.79 bits per heavy atom. The van der Waals surface area contributed by atoms with Crippen LogP contribution in [0.5, 0.6) is 5.75 Å². The van der Waals surface area contributed by atoms with Crippen molar-refractivity contribution < 1.29 is 34.5 Å². The SMILES string of the molecule is CCC1CC[N+]([O-])(Cc2ccccc2O[C@@H]2O[C@H](CO)[C@@H](O)[C@H](O)[C@H]2O)CC1. The third-order valence-electron chi connectivity index (χ3n) is 5.99. The molecule has 28 heavy (non-hydrogen) atoms. The van der Waals surface area contributed by atoms with Gasteiger partial charge in [0, 0.05) is 5.56 Å². The highest BCUT2D eigenvalue weighted by atomic mass is 16.7. The zero-order chi connectivity index (χ0) is 20.3. The van der Waals surface area contributed by atoms with Crippen LogP contribution in [0.25, 0.3) is 0 Å². The first-order valence-electron chi connectivity index (χ1n) is 9.99. The maximum Gasteiger partial charge on any atom is 0.229 e. The molecule has 0 amide bonds. The Kier molecular flexibility index (Phi) is 6.93. The fourth-order valence-electron chi connectivity index (χ4n) is 4.01. The first kappa shape index (κ1) is 21.4.